The zero-order valence-electron chi connectivity index (χ0n) is 14.1. The van der Waals surface area contributed by atoms with Crippen molar-refractivity contribution in [3.05, 3.63) is 0 Å². The molecular formula is C17H34N2O. The summed E-state index contributed by atoms with van der Waals surface area (Å²) in [7, 11) is 0. The van der Waals surface area contributed by atoms with Crippen molar-refractivity contribution in [2.75, 3.05) is 13.1 Å². The number of carbonyl (C=O) groups is 1. The van der Waals surface area contributed by atoms with Crippen LogP contribution < -0.4 is 5.32 Å². The number of amides is 1. The standard InChI is InChI=1S/C17H34N2O/c1-6-19(7-2)17(20)14(5)18-16-10-8-9-15(11-12-16)13(3)4/h13-16,18H,6-12H2,1-5H3. The second kappa shape index (κ2) is 8.66. The van der Waals surface area contributed by atoms with E-state index in [0.29, 0.717) is 6.04 Å². The number of hydrogen-bond donors (Lipinski definition) is 1. The van der Waals surface area contributed by atoms with Gasteiger partial charge in [-0.05, 0) is 51.9 Å². The van der Waals surface area contributed by atoms with Crippen molar-refractivity contribution in [2.45, 2.75) is 78.8 Å². The normalized spacial score (nSPS) is 25.3. The minimum atomic E-state index is -0.0458. The van der Waals surface area contributed by atoms with Crippen molar-refractivity contribution in [2.24, 2.45) is 11.8 Å². The Morgan fingerprint density at radius 2 is 1.75 bits per heavy atom. The van der Waals surface area contributed by atoms with E-state index in [1.807, 2.05) is 25.7 Å². The lowest BCUT2D eigenvalue weighted by Crippen LogP contribution is -2.48. The van der Waals surface area contributed by atoms with Gasteiger partial charge in [-0.25, -0.2) is 0 Å². The van der Waals surface area contributed by atoms with Gasteiger partial charge in [0, 0.05) is 19.1 Å². The van der Waals surface area contributed by atoms with E-state index in [1.54, 1.807) is 0 Å². The van der Waals surface area contributed by atoms with Crippen LogP contribution in [0.1, 0.15) is 66.7 Å². The number of likely N-dealkylation sites (N-methyl/N-ethyl adjacent to an activating group) is 1. The van der Waals surface area contributed by atoms with Crippen LogP contribution in [0.2, 0.25) is 0 Å². The molecular weight excluding hydrogens is 248 g/mol. The highest BCUT2D eigenvalue weighted by Gasteiger charge is 2.25. The molecule has 0 bridgehead atoms. The van der Waals surface area contributed by atoms with Gasteiger partial charge in [0.25, 0.3) is 0 Å². The average molecular weight is 282 g/mol. The van der Waals surface area contributed by atoms with Gasteiger partial charge in [0.1, 0.15) is 0 Å². The molecule has 1 saturated carbocycles. The van der Waals surface area contributed by atoms with Crippen LogP contribution in [0.4, 0.5) is 0 Å². The molecule has 1 fully saturated rings. The van der Waals surface area contributed by atoms with Crippen LogP contribution in [0.25, 0.3) is 0 Å². The van der Waals surface area contributed by atoms with E-state index in [9.17, 15) is 4.79 Å². The van der Waals surface area contributed by atoms with E-state index >= 15 is 0 Å². The third-order valence-corrected chi connectivity index (χ3v) is 4.89. The number of carbonyl (C=O) groups excluding carboxylic acids is 1. The predicted octanol–water partition coefficient (Wildman–Crippen LogP) is 3.44. The van der Waals surface area contributed by atoms with Crippen molar-refractivity contribution in [3.63, 3.8) is 0 Å². The summed E-state index contributed by atoms with van der Waals surface area (Å²) in [5.74, 6) is 1.92. The zero-order chi connectivity index (χ0) is 15.1. The molecule has 0 radical (unpaired) electrons. The molecule has 1 N–H and O–H groups in total. The van der Waals surface area contributed by atoms with Crippen LogP contribution in [0.3, 0.4) is 0 Å². The SMILES string of the molecule is CCN(CC)C(=O)C(C)NC1CCCC(C(C)C)CC1. The van der Waals surface area contributed by atoms with E-state index in [0.717, 1.165) is 24.9 Å². The van der Waals surface area contributed by atoms with E-state index in [-0.39, 0.29) is 11.9 Å². The third-order valence-electron chi connectivity index (χ3n) is 4.89. The van der Waals surface area contributed by atoms with Crippen LogP contribution in [0.5, 0.6) is 0 Å². The molecule has 0 saturated heterocycles. The highest BCUT2D eigenvalue weighted by atomic mass is 16.2. The molecule has 1 aliphatic rings. The Bertz CT molecular complexity index is 287. The monoisotopic (exact) mass is 282 g/mol. The lowest BCUT2D eigenvalue weighted by Gasteiger charge is -2.27. The highest BCUT2D eigenvalue weighted by Crippen LogP contribution is 2.28. The van der Waals surface area contributed by atoms with Crippen LogP contribution in [0, 0.1) is 11.8 Å². The molecule has 118 valence electrons. The Labute approximate surface area is 125 Å². The van der Waals surface area contributed by atoms with Gasteiger partial charge in [-0.3, -0.25) is 4.79 Å². The smallest absolute Gasteiger partial charge is 0.239 e. The molecule has 3 heteroatoms. The molecule has 20 heavy (non-hydrogen) atoms. The van der Waals surface area contributed by atoms with E-state index in [2.05, 4.69) is 19.2 Å². The fraction of sp³-hybridized carbons (Fsp3) is 0.941. The molecule has 3 unspecified atom stereocenters. The van der Waals surface area contributed by atoms with Gasteiger partial charge in [-0.1, -0.05) is 26.7 Å². The van der Waals surface area contributed by atoms with Crippen molar-refractivity contribution >= 4 is 5.91 Å². The Morgan fingerprint density at radius 3 is 2.30 bits per heavy atom. The van der Waals surface area contributed by atoms with Crippen LogP contribution in [-0.4, -0.2) is 36.0 Å². The molecule has 1 rings (SSSR count). The summed E-state index contributed by atoms with van der Waals surface area (Å²) < 4.78 is 0. The van der Waals surface area contributed by atoms with Crippen LogP contribution in [-0.2, 0) is 4.79 Å². The summed E-state index contributed by atoms with van der Waals surface area (Å²) in [6.45, 7) is 12.4. The molecule has 0 aromatic heterocycles. The van der Waals surface area contributed by atoms with E-state index in [4.69, 9.17) is 0 Å². The Kier molecular flexibility index (Phi) is 7.57. The number of nitrogens with zero attached hydrogens (tertiary/aromatic N) is 1. The summed E-state index contributed by atoms with van der Waals surface area (Å²) in [5.41, 5.74) is 0. The van der Waals surface area contributed by atoms with Crippen molar-refractivity contribution in [1.82, 2.24) is 10.2 Å². The molecule has 3 atom stereocenters. The number of hydrogen-bond acceptors (Lipinski definition) is 2. The van der Waals surface area contributed by atoms with Gasteiger partial charge >= 0.3 is 0 Å². The second-order valence-electron chi connectivity index (χ2n) is 6.61. The highest BCUT2D eigenvalue weighted by molar-refractivity contribution is 5.81. The van der Waals surface area contributed by atoms with Gasteiger partial charge in [-0.2, -0.15) is 0 Å². The maximum atomic E-state index is 12.3. The van der Waals surface area contributed by atoms with E-state index < -0.39 is 0 Å². The van der Waals surface area contributed by atoms with Crippen molar-refractivity contribution in [3.8, 4) is 0 Å². The fourth-order valence-electron chi connectivity index (χ4n) is 3.40. The lowest BCUT2D eigenvalue weighted by atomic mass is 9.89. The average Bonchev–Trinajstić information content (AvgIpc) is 2.65. The molecule has 1 aliphatic carbocycles. The van der Waals surface area contributed by atoms with Gasteiger partial charge < -0.3 is 10.2 Å². The van der Waals surface area contributed by atoms with E-state index in [1.165, 1.54) is 32.1 Å². The van der Waals surface area contributed by atoms with Crippen LogP contribution in [0.15, 0.2) is 0 Å². The minimum absolute atomic E-state index is 0.0458. The molecule has 3 nitrogen and oxygen atoms in total. The molecule has 0 heterocycles. The first-order chi connectivity index (χ1) is 9.49. The molecule has 0 aromatic carbocycles. The first-order valence-electron chi connectivity index (χ1n) is 8.54. The van der Waals surface area contributed by atoms with Crippen LogP contribution >= 0.6 is 0 Å². The quantitative estimate of drug-likeness (QED) is 0.757. The summed E-state index contributed by atoms with van der Waals surface area (Å²) >= 11 is 0. The van der Waals surface area contributed by atoms with Gasteiger partial charge in [0.15, 0.2) is 0 Å². The Morgan fingerprint density at radius 1 is 1.10 bits per heavy atom. The molecule has 1 amide bonds. The summed E-state index contributed by atoms with van der Waals surface area (Å²) in [6.07, 6.45) is 6.40. The summed E-state index contributed by atoms with van der Waals surface area (Å²) in [6, 6.07) is 0.476. The minimum Gasteiger partial charge on any atom is -0.342 e. The number of nitrogens with one attached hydrogen (secondary N) is 1. The largest absolute Gasteiger partial charge is 0.342 e. The zero-order valence-corrected chi connectivity index (χ0v) is 14.1. The topological polar surface area (TPSA) is 32.3 Å². The van der Waals surface area contributed by atoms with Gasteiger partial charge in [-0.15, -0.1) is 0 Å². The maximum absolute atomic E-state index is 12.3. The second-order valence-corrected chi connectivity index (χ2v) is 6.61. The Balaban J connectivity index is 2.45. The third kappa shape index (κ3) is 5.08. The summed E-state index contributed by atoms with van der Waals surface area (Å²) in [5, 5.41) is 3.58. The lowest BCUT2D eigenvalue weighted by molar-refractivity contribution is -0.132. The van der Waals surface area contributed by atoms with Crippen molar-refractivity contribution < 1.29 is 4.79 Å². The van der Waals surface area contributed by atoms with Gasteiger partial charge in [0.05, 0.1) is 6.04 Å². The van der Waals surface area contributed by atoms with Crippen molar-refractivity contribution in [1.29, 1.82) is 0 Å². The number of rotatable bonds is 6. The molecule has 0 spiro atoms. The maximum Gasteiger partial charge on any atom is 0.239 e. The first-order valence-corrected chi connectivity index (χ1v) is 8.54. The van der Waals surface area contributed by atoms with Gasteiger partial charge in [0.2, 0.25) is 5.91 Å². The first kappa shape index (κ1) is 17.5. The molecule has 0 aromatic rings. The fourth-order valence-corrected chi connectivity index (χ4v) is 3.40. The summed E-state index contributed by atoms with van der Waals surface area (Å²) in [4.78, 5) is 14.2. The predicted molar refractivity (Wildman–Crippen MR) is 85.7 cm³/mol. The molecule has 0 aliphatic heterocycles. The Hall–Kier alpha value is -0.570.